The van der Waals surface area contributed by atoms with Gasteiger partial charge in [0.2, 0.25) is 0 Å². The van der Waals surface area contributed by atoms with Gasteiger partial charge in [0.15, 0.2) is 0 Å². The van der Waals surface area contributed by atoms with Gasteiger partial charge in [-0.2, -0.15) is 0 Å². The molecule has 16 heavy (non-hydrogen) atoms. The average molecular weight is 224 g/mol. The number of hydrogen-bond acceptors (Lipinski definition) is 3. The van der Waals surface area contributed by atoms with E-state index in [9.17, 15) is 0 Å². The van der Waals surface area contributed by atoms with Crippen LogP contribution in [0.2, 0.25) is 0 Å². The van der Waals surface area contributed by atoms with Crippen molar-refractivity contribution in [2.75, 3.05) is 26.4 Å². The van der Waals surface area contributed by atoms with Crippen LogP contribution >= 0.6 is 0 Å². The fourth-order valence-electron chi connectivity index (χ4n) is 1.82. The minimum atomic E-state index is 0.210. The molecule has 1 aliphatic heterocycles. The van der Waals surface area contributed by atoms with Crippen LogP contribution in [0.15, 0.2) is 18.5 Å². The molecule has 2 rings (SSSR count). The van der Waals surface area contributed by atoms with Crippen LogP contribution in [0.25, 0.3) is 0 Å². The lowest BCUT2D eigenvalue weighted by molar-refractivity contribution is -0.0864. The first-order valence-electron chi connectivity index (χ1n) is 5.93. The molecule has 90 valence electrons. The molecule has 0 aromatic carbocycles. The molecule has 4 heteroatoms. The molecule has 0 amide bonds. The second kappa shape index (κ2) is 6.03. The van der Waals surface area contributed by atoms with E-state index in [4.69, 9.17) is 9.47 Å². The van der Waals surface area contributed by atoms with Crippen molar-refractivity contribution in [2.45, 2.75) is 26.1 Å². The number of nitrogens with zero attached hydrogens (tertiary/aromatic N) is 1. The minimum absolute atomic E-state index is 0.210. The molecule has 1 N–H and O–H groups in total. The van der Waals surface area contributed by atoms with Crippen LogP contribution in [-0.4, -0.2) is 37.0 Å². The maximum atomic E-state index is 5.55. The highest BCUT2D eigenvalue weighted by Gasteiger charge is 2.13. The number of rotatable bonds is 5. The molecular weight excluding hydrogens is 204 g/mol. The van der Waals surface area contributed by atoms with E-state index in [1.807, 2.05) is 0 Å². The fraction of sp³-hybridized carbons (Fsp3) is 0.667. The third kappa shape index (κ3) is 3.33. The van der Waals surface area contributed by atoms with Gasteiger partial charge in [-0.15, -0.1) is 0 Å². The maximum absolute atomic E-state index is 5.55. The molecule has 4 nitrogen and oxygen atoms in total. The van der Waals surface area contributed by atoms with Crippen LogP contribution in [0.5, 0.6) is 0 Å². The molecule has 1 aromatic rings. The molecule has 0 radical (unpaired) electrons. The van der Waals surface area contributed by atoms with Crippen molar-refractivity contribution >= 4 is 0 Å². The molecule has 0 bridgehead atoms. The van der Waals surface area contributed by atoms with Crippen molar-refractivity contribution in [3.63, 3.8) is 0 Å². The van der Waals surface area contributed by atoms with Gasteiger partial charge in [-0.25, -0.2) is 0 Å². The van der Waals surface area contributed by atoms with Crippen molar-refractivity contribution in [3.05, 3.63) is 24.0 Å². The number of ether oxygens (including phenoxy) is 2. The Morgan fingerprint density at radius 3 is 3.12 bits per heavy atom. The predicted molar refractivity (Wildman–Crippen MR) is 62.4 cm³/mol. The van der Waals surface area contributed by atoms with Crippen LogP contribution in [0.4, 0.5) is 0 Å². The molecule has 1 unspecified atom stereocenters. The summed E-state index contributed by atoms with van der Waals surface area (Å²) in [6.45, 7) is 7.09. The Bertz CT molecular complexity index is 306. The van der Waals surface area contributed by atoms with E-state index in [0.717, 1.165) is 32.8 Å². The second-order valence-electron chi connectivity index (χ2n) is 4.05. The number of hydrogen-bond donors (Lipinski definition) is 1. The van der Waals surface area contributed by atoms with Crippen molar-refractivity contribution in [3.8, 4) is 0 Å². The molecule has 1 aliphatic rings. The minimum Gasteiger partial charge on any atom is -0.376 e. The molecule has 1 aromatic heterocycles. The predicted octanol–water partition coefficient (Wildman–Crippen LogP) is 1.01. The molecule has 1 fully saturated rings. The summed E-state index contributed by atoms with van der Waals surface area (Å²) in [5, 5.41) is 3.39. The van der Waals surface area contributed by atoms with Crippen LogP contribution in [0.1, 0.15) is 12.5 Å². The Morgan fingerprint density at radius 2 is 2.44 bits per heavy atom. The summed E-state index contributed by atoms with van der Waals surface area (Å²) in [6, 6.07) is 2.15. The van der Waals surface area contributed by atoms with Crippen molar-refractivity contribution in [1.82, 2.24) is 9.88 Å². The van der Waals surface area contributed by atoms with Gasteiger partial charge in [0, 0.05) is 32.0 Å². The summed E-state index contributed by atoms with van der Waals surface area (Å²) in [6.07, 6.45) is 4.49. The lowest BCUT2D eigenvalue weighted by Gasteiger charge is -2.23. The highest BCUT2D eigenvalue weighted by molar-refractivity contribution is 5.09. The van der Waals surface area contributed by atoms with Crippen LogP contribution < -0.4 is 5.32 Å². The molecule has 1 saturated heterocycles. The van der Waals surface area contributed by atoms with Gasteiger partial charge in [0.25, 0.3) is 0 Å². The topological polar surface area (TPSA) is 35.4 Å². The van der Waals surface area contributed by atoms with E-state index >= 15 is 0 Å². The highest BCUT2D eigenvalue weighted by Crippen LogP contribution is 2.02. The highest BCUT2D eigenvalue weighted by atomic mass is 16.6. The van der Waals surface area contributed by atoms with E-state index in [1.165, 1.54) is 5.56 Å². The van der Waals surface area contributed by atoms with Gasteiger partial charge in [-0.05, 0) is 18.6 Å². The monoisotopic (exact) mass is 224 g/mol. The van der Waals surface area contributed by atoms with Crippen molar-refractivity contribution < 1.29 is 9.47 Å². The summed E-state index contributed by atoms with van der Waals surface area (Å²) in [7, 11) is 0. The molecule has 0 spiro atoms. The van der Waals surface area contributed by atoms with Crippen LogP contribution in [0.3, 0.4) is 0 Å². The Labute approximate surface area is 96.5 Å². The summed E-state index contributed by atoms with van der Waals surface area (Å²) < 4.78 is 13.1. The van der Waals surface area contributed by atoms with Crippen molar-refractivity contribution in [1.29, 1.82) is 0 Å². The van der Waals surface area contributed by atoms with Crippen LogP contribution in [0, 0.1) is 0 Å². The van der Waals surface area contributed by atoms with Gasteiger partial charge in [0.1, 0.15) is 0 Å². The van der Waals surface area contributed by atoms with E-state index in [2.05, 4.69) is 35.3 Å². The van der Waals surface area contributed by atoms with E-state index < -0.39 is 0 Å². The standard InChI is InChI=1S/C12H20N2O2/c1-2-14-4-3-11(9-14)7-13-8-12-10-15-5-6-16-12/h3-4,9,12-13H,2,5-8,10H2,1H3. The summed E-state index contributed by atoms with van der Waals surface area (Å²) in [4.78, 5) is 0. The second-order valence-corrected chi connectivity index (χ2v) is 4.05. The zero-order valence-corrected chi connectivity index (χ0v) is 9.82. The third-order valence-electron chi connectivity index (χ3n) is 2.76. The smallest absolute Gasteiger partial charge is 0.0933 e. The zero-order chi connectivity index (χ0) is 11.2. The first-order valence-corrected chi connectivity index (χ1v) is 5.93. The van der Waals surface area contributed by atoms with E-state index in [-0.39, 0.29) is 6.10 Å². The van der Waals surface area contributed by atoms with E-state index in [1.54, 1.807) is 0 Å². The maximum Gasteiger partial charge on any atom is 0.0933 e. The Kier molecular flexibility index (Phi) is 4.39. The van der Waals surface area contributed by atoms with Gasteiger partial charge in [0.05, 0.1) is 25.9 Å². The van der Waals surface area contributed by atoms with Crippen molar-refractivity contribution in [2.24, 2.45) is 0 Å². The Hall–Kier alpha value is -0.840. The molecule has 1 atom stereocenters. The van der Waals surface area contributed by atoms with Gasteiger partial charge >= 0.3 is 0 Å². The molecule has 2 heterocycles. The van der Waals surface area contributed by atoms with Gasteiger partial charge in [-0.1, -0.05) is 0 Å². The molecular formula is C12H20N2O2. The van der Waals surface area contributed by atoms with Gasteiger partial charge < -0.3 is 19.4 Å². The normalized spacial score (nSPS) is 21.2. The largest absolute Gasteiger partial charge is 0.376 e. The molecule has 0 aliphatic carbocycles. The fourth-order valence-corrected chi connectivity index (χ4v) is 1.82. The third-order valence-corrected chi connectivity index (χ3v) is 2.76. The quantitative estimate of drug-likeness (QED) is 0.811. The SMILES string of the molecule is CCn1ccc(CNCC2COCCO2)c1. The summed E-state index contributed by atoms with van der Waals surface area (Å²) >= 11 is 0. The number of nitrogens with one attached hydrogen (secondary N) is 1. The average Bonchev–Trinajstić information content (AvgIpc) is 2.78. The lowest BCUT2D eigenvalue weighted by atomic mass is 10.3. The summed E-state index contributed by atoms with van der Waals surface area (Å²) in [5.74, 6) is 0. The molecule has 0 saturated carbocycles. The van der Waals surface area contributed by atoms with Gasteiger partial charge in [-0.3, -0.25) is 0 Å². The number of aryl methyl sites for hydroxylation is 1. The number of aromatic nitrogens is 1. The van der Waals surface area contributed by atoms with E-state index in [0.29, 0.717) is 6.61 Å². The first kappa shape index (κ1) is 11.6. The Morgan fingerprint density at radius 1 is 1.50 bits per heavy atom. The first-order chi connectivity index (χ1) is 7.88. The lowest BCUT2D eigenvalue weighted by Crippen LogP contribution is -2.37. The van der Waals surface area contributed by atoms with Crippen LogP contribution in [-0.2, 0) is 22.6 Å². The summed E-state index contributed by atoms with van der Waals surface area (Å²) in [5.41, 5.74) is 1.32. The Balaban J connectivity index is 1.66. The zero-order valence-electron chi connectivity index (χ0n) is 9.82.